The highest BCUT2D eigenvalue weighted by Crippen LogP contribution is 2.35. The van der Waals surface area contributed by atoms with Gasteiger partial charge in [-0.2, -0.15) is 0 Å². The average molecular weight is 325 g/mol. The molecule has 0 aromatic heterocycles. The van der Waals surface area contributed by atoms with E-state index in [0.717, 1.165) is 23.4 Å². The molecule has 2 aromatic carbocycles. The zero-order valence-electron chi connectivity index (χ0n) is 13.9. The molecule has 2 aromatic rings. The number of nitrogens with one attached hydrogen (secondary N) is 1. The molecule has 1 atom stereocenters. The number of amides is 1. The lowest BCUT2D eigenvalue weighted by atomic mass is 10.1. The Morgan fingerprint density at radius 2 is 2.08 bits per heavy atom. The number of nitrogens with zero attached hydrogens (tertiary/aromatic N) is 1. The largest absolute Gasteiger partial charge is 0.486 e. The van der Waals surface area contributed by atoms with Crippen LogP contribution < -0.4 is 20.7 Å². The van der Waals surface area contributed by atoms with E-state index in [4.69, 9.17) is 10.5 Å². The molecule has 5 heteroatoms. The summed E-state index contributed by atoms with van der Waals surface area (Å²) >= 11 is 0. The molecule has 1 aliphatic heterocycles. The van der Waals surface area contributed by atoms with Crippen molar-refractivity contribution in [3.05, 3.63) is 54.1 Å². The molecule has 0 spiro atoms. The summed E-state index contributed by atoms with van der Waals surface area (Å²) in [7, 11) is 0. The summed E-state index contributed by atoms with van der Waals surface area (Å²) in [6, 6.07) is 15.5. The Morgan fingerprint density at radius 1 is 1.29 bits per heavy atom. The van der Waals surface area contributed by atoms with Crippen LogP contribution >= 0.6 is 0 Å². The molecule has 1 amide bonds. The number of carbonyl (C=O) groups is 1. The van der Waals surface area contributed by atoms with E-state index >= 15 is 0 Å². The highest BCUT2D eigenvalue weighted by atomic mass is 16.5. The third kappa shape index (κ3) is 3.79. The van der Waals surface area contributed by atoms with E-state index in [1.165, 1.54) is 0 Å². The van der Waals surface area contributed by atoms with E-state index < -0.39 is 0 Å². The minimum absolute atomic E-state index is 0.00150. The quantitative estimate of drug-likeness (QED) is 0.829. The number of ether oxygens (including phenoxy) is 1. The molecule has 0 saturated heterocycles. The molecule has 0 saturated carbocycles. The van der Waals surface area contributed by atoms with Crippen LogP contribution in [0.2, 0.25) is 0 Å². The zero-order chi connectivity index (χ0) is 16.9. The topological polar surface area (TPSA) is 67.6 Å². The second-order valence-electron chi connectivity index (χ2n) is 6.02. The van der Waals surface area contributed by atoms with Crippen LogP contribution in [0.5, 0.6) is 5.75 Å². The molecule has 1 aliphatic rings. The van der Waals surface area contributed by atoms with Gasteiger partial charge >= 0.3 is 0 Å². The molecular formula is C19H23N3O2. The monoisotopic (exact) mass is 325 g/mol. The van der Waals surface area contributed by atoms with Gasteiger partial charge in [-0.3, -0.25) is 4.79 Å². The predicted octanol–water partition coefficient (Wildman–Crippen LogP) is 2.56. The first kappa shape index (κ1) is 16.2. The maximum atomic E-state index is 12.3. The van der Waals surface area contributed by atoms with Crippen LogP contribution in [0.15, 0.2) is 48.5 Å². The summed E-state index contributed by atoms with van der Waals surface area (Å²) in [6.45, 7) is 3.63. The van der Waals surface area contributed by atoms with E-state index in [1.807, 2.05) is 48.5 Å². The number of hydrogen-bond acceptors (Lipinski definition) is 4. The molecule has 0 bridgehead atoms. The van der Waals surface area contributed by atoms with Crippen LogP contribution in [0, 0.1) is 0 Å². The molecule has 3 rings (SSSR count). The van der Waals surface area contributed by atoms with Crippen molar-refractivity contribution in [3.63, 3.8) is 0 Å². The van der Waals surface area contributed by atoms with Crippen LogP contribution in [0.1, 0.15) is 18.9 Å². The van der Waals surface area contributed by atoms with E-state index in [0.29, 0.717) is 25.3 Å². The average Bonchev–Trinajstić information content (AvgIpc) is 2.60. The molecule has 126 valence electrons. The molecule has 3 N–H and O–H groups in total. The molecule has 0 aliphatic carbocycles. The lowest BCUT2D eigenvalue weighted by Gasteiger charge is -2.35. The Hall–Kier alpha value is -2.69. The van der Waals surface area contributed by atoms with Gasteiger partial charge in [0.2, 0.25) is 5.91 Å². The number of rotatable bonds is 5. The van der Waals surface area contributed by atoms with E-state index in [-0.39, 0.29) is 12.0 Å². The summed E-state index contributed by atoms with van der Waals surface area (Å²) < 4.78 is 5.95. The number of fused-ring (bicyclic) bond motifs is 1. The zero-order valence-corrected chi connectivity index (χ0v) is 13.9. The molecule has 0 fully saturated rings. The normalized spacial score (nSPS) is 16.2. The summed E-state index contributed by atoms with van der Waals surface area (Å²) in [6.07, 6.45) is 0.956. The smallest absolute Gasteiger partial charge is 0.239 e. The summed E-state index contributed by atoms with van der Waals surface area (Å²) in [5.41, 5.74) is 8.53. The number of anilines is 2. The van der Waals surface area contributed by atoms with Gasteiger partial charge in [-0.05, 0) is 24.1 Å². The van der Waals surface area contributed by atoms with Gasteiger partial charge in [0.25, 0.3) is 0 Å². The fraction of sp³-hybridized carbons (Fsp3) is 0.316. The Bertz CT molecular complexity index is 703. The first-order valence-corrected chi connectivity index (χ1v) is 8.27. The highest BCUT2D eigenvalue weighted by molar-refractivity contribution is 5.82. The lowest BCUT2D eigenvalue weighted by Crippen LogP contribution is -2.45. The van der Waals surface area contributed by atoms with Gasteiger partial charge in [0, 0.05) is 18.3 Å². The fourth-order valence-electron chi connectivity index (χ4n) is 2.84. The fourth-order valence-corrected chi connectivity index (χ4v) is 2.84. The maximum Gasteiger partial charge on any atom is 0.239 e. The van der Waals surface area contributed by atoms with Crippen LogP contribution in [0.25, 0.3) is 0 Å². The van der Waals surface area contributed by atoms with Crippen molar-refractivity contribution < 1.29 is 9.53 Å². The third-order valence-electron chi connectivity index (χ3n) is 4.16. The molecular weight excluding hydrogens is 302 g/mol. The second kappa shape index (κ2) is 7.25. The van der Waals surface area contributed by atoms with Crippen molar-refractivity contribution in [2.24, 2.45) is 0 Å². The Balaban J connectivity index is 1.66. The van der Waals surface area contributed by atoms with Crippen molar-refractivity contribution in [1.29, 1.82) is 0 Å². The summed E-state index contributed by atoms with van der Waals surface area (Å²) in [4.78, 5) is 14.4. The lowest BCUT2D eigenvalue weighted by molar-refractivity contribution is -0.120. The van der Waals surface area contributed by atoms with E-state index in [1.54, 1.807) is 0 Å². The first-order chi connectivity index (χ1) is 11.7. The maximum absolute atomic E-state index is 12.3. The first-order valence-electron chi connectivity index (χ1n) is 8.27. The number of carbonyl (C=O) groups excluding carboxylic acids is 1. The van der Waals surface area contributed by atoms with Gasteiger partial charge < -0.3 is 20.7 Å². The molecule has 24 heavy (non-hydrogen) atoms. The van der Waals surface area contributed by atoms with Crippen molar-refractivity contribution >= 4 is 17.3 Å². The second-order valence-corrected chi connectivity index (χ2v) is 6.02. The van der Waals surface area contributed by atoms with Crippen molar-refractivity contribution in [2.45, 2.75) is 26.0 Å². The van der Waals surface area contributed by atoms with Crippen LogP contribution in [0.3, 0.4) is 0 Å². The molecule has 5 nitrogen and oxygen atoms in total. The Kier molecular flexibility index (Phi) is 4.89. The number of nitrogens with two attached hydrogens (primary N) is 1. The molecule has 1 heterocycles. The van der Waals surface area contributed by atoms with Crippen LogP contribution in [-0.4, -0.2) is 25.1 Å². The molecule has 0 radical (unpaired) electrons. The van der Waals surface area contributed by atoms with Gasteiger partial charge in [0.1, 0.15) is 11.9 Å². The number of benzene rings is 2. The van der Waals surface area contributed by atoms with Crippen molar-refractivity contribution in [3.8, 4) is 5.75 Å². The van der Waals surface area contributed by atoms with Crippen molar-refractivity contribution in [1.82, 2.24) is 5.32 Å². The van der Waals surface area contributed by atoms with Gasteiger partial charge in [0.05, 0.1) is 18.8 Å². The predicted molar refractivity (Wildman–Crippen MR) is 96.1 cm³/mol. The van der Waals surface area contributed by atoms with E-state index in [9.17, 15) is 4.79 Å². The number of hydrogen-bond donors (Lipinski definition) is 2. The van der Waals surface area contributed by atoms with Gasteiger partial charge in [-0.25, -0.2) is 0 Å². The summed E-state index contributed by atoms with van der Waals surface area (Å²) in [5, 5.41) is 2.98. The van der Waals surface area contributed by atoms with Crippen LogP contribution in [0.4, 0.5) is 11.4 Å². The standard InChI is InChI=1S/C19H23N3O2/c1-2-16-12-22(17-9-8-15(20)10-18(17)24-16)13-19(23)21-11-14-6-4-3-5-7-14/h3-10,16H,2,11-13,20H2,1H3,(H,21,23). The molecule has 1 unspecified atom stereocenters. The Labute approximate surface area is 142 Å². The van der Waals surface area contributed by atoms with Crippen molar-refractivity contribution in [2.75, 3.05) is 23.7 Å². The Morgan fingerprint density at radius 3 is 2.83 bits per heavy atom. The van der Waals surface area contributed by atoms with Gasteiger partial charge in [-0.1, -0.05) is 37.3 Å². The SMILES string of the molecule is CCC1CN(CC(=O)NCc2ccccc2)c2ccc(N)cc2O1. The third-order valence-corrected chi connectivity index (χ3v) is 4.16. The van der Waals surface area contributed by atoms with Crippen LogP contribution in [-0.2, 0) is 11.3 Å². The minimum atomic E-state index is -0.00150. The van der Waals surface area contributed by atoms with Gasteiger partial charge in [0.15, 0.2) is 0 Å². The number of nitrogen functional groups attached to an aromatic ring is 1. The van der Waals surface area contributed by atoms with Gasteiger partial charge in [-0.15, -0.1) is 0 Å². The highest BCUT2D eigenvalue weighted by Gasteiger charge is 2.26. The minimum Gasteiger partial charge on any atom is -0.486 e. The van der Waals surface area contributed by atoms with E-state index in [2.05, 4.69) is 17.1 Å². The summed E-state index contributed by atoms with van der Waals surface area (Å²) in [5.74, 6) is 0.752.